The Balaban J connectivity index is 1.89. The summed E-state index contributed by atoms with van der Waals surface area (Å²) in [4.78, 5) is 19.8. The summed E-state index contributed by atoms with van der Waals surface area (Å²) in [6.45, 7) is 1.33. The first kappa shape index (κ1) is 15.6. The lowest BCUT2D eigenvalue weighted by Crippen LogP contribution is -2.37. The van der Waals surface area contributed by atoms with Crippen molar-refractivity contribution >= 4 is 22.6 Å². The molecular formula is C16H19FN4O2. The van der Waals surface area contributed by atoms with E-state index in [1.807, 2.05) is 0 Å². The van der Waals surface area contributed by atoms with Crippen LogP contribution in [0.3, 0.4) is 0 Å². The highest BCUT2D eigenvalue weighted by molar-refractivity contribution is 5.89. The molecule has 1 saturated heterocycles. The number of nitrogens with zero attached hydrogens (tertiary/aromatic N) is 2. The molecule has 1 amide bonds. The van der Waals surface area contributed by atoms with E-state index in [-0.39, 0.29) is 30.1 Å². The van der Waals surface area contributed by atoms with E-state index in [2.05, 4.69) is 15.3 Å². The Morgan fingerprint density at radius 2 is 2.17 bits per heavy atom. The molecule has 7 heteroatoms. The molecular weight excluding hydrogens is 299 g/mol. The number of carbonyl (C=O) groups excluding carboxylic acids is 1. The Kier molecular flexibility index (Phi) is 4.66. The standard InChI is InChI=1S/C16H19FN4O2/c17-11-1-2-13-12(7-11)16(20-9-19-13)21-14(8-15(18)22)10-3-5-23-6-4-10/h1-2,7,9-10,14H,3-6,8H2,(H2,18,22)(H,19,20,21). The molecule has 3 N–H and O–H groups in total. The minimum atomic E-state index is -0.376. The molecule has 1 aliphatic heterocycles. The zero-order valence-corrected chi connectivity index (χ0v) is 12.7. The molecule has 2 heterocycles. The van der Waals surface area contributed by atoms with Gasteiger partial charge in [0, 0.05) is 31.1 Å². The number of benzene rings is 1. The van der Waals surface area contributed by atoms with E-state index in [1.54, 1.807) is 6.07 Å². The van der Waals surface area contributed by atoms with Gasteiger partial charge in [0.1, 0.15) is 18.0 Å². The molecule has 122 valence electrons. The number of anilines is 1. The minimum absolute atomic E-state index is 0.155. The number of primary amides is 1. The van der Waals surface area contributed by atoms with Crippen LogP contribution in [0.4, 0.5) is 10.2 Å². The van der Waals surface area contributed by atoms with Crippen molar-refractivity contribution in [2.75, 3.05) is 18.5 Å². The molecule has 2 aromatic rings. The van der Waals surface area contributed by atoms with Gasteiger partial charge in [-0.3, -0.25) is 4.79 Å². The van der Waals surface area contributed by atoms with Crippen molar-refractivity contribution in [3.8, 4) is 0 Å². The van der Waals surface area contributed by atoms with Gasteiger partial charge in [-0.15, -0.1) is 0 Å². The van der Waals surface area contributed by atoms with Crippen molar-refractivity contribution < 1.29 is 13.9 Å². The molecule has 23 heavy (non-hydrogen) atoms. The fourth-order valence-electron chi connectivity index (χ4n) is 2.99. The lowest BCUT2D eigenvalue weighted by atomic mass is 9.89. The quantitative estimate of drug-likeness (QED) is 0.878. The molecule has 1 aliphatic rings. The number of hydrogen-bond acceptors (Lipinski definition) is 5. The maximum Gasteiger partial charge on any atom is 0.219 e. The van der Waals surface area contributed by atoms with Crippen LogP contribution in [-0.4, -0.2) is 35.1 Å². The summed E-state index contributed by atoms with van der Waals surface area (Å²) < 4.78 is 18.9. The van der Waals surface area contributed by atoms with Gasteiger partial charge in [0.15, 0.2) is 0 Å². The van der Waals surface area contributed by atoms with Crippen LogP contribution in [0.1, 0.15) is 19.3 Å². The fraction of sp³-hybridized carbons (Fsp3) is 0.438. The van der Waals surface area contributed by atoms with Crippen LogP contribution in [0.5, 0.6) is 0 Å². The summed E-state index contributed by atoms with van der Waals surface area (Å²) in [5.74, 6) is 0.0495. The average molecular weight is 318 g/mol. The van der Waals surface area contributed by atoms with Crippen molar-refractivity contribution in [1.29, 1.82) is 0 Å². The number of fused-ring (bicyclic) bond motifs is 1. The number of aromatic nitrogens is 2. The average Bonchev–Trinajstić information content (AvgIpc) is 2.55. The second-order valence-electron chi connectivity index (χ2n) is 5.75. The summed E-state index contributed by atoms with van der Waals surface area (Å²) in [6, 6.07) is 4.20. The van der Waals surface area contributed by atoms with Crippen molar-refractivity contribution in [2.45, 2.75) is 25.3 Å². The van der Waals surface area contributed by atoms with Gasteiger partial charge in [-0.05, 0) is 37.0 Å². The SMILES string of the molecule is NC(=O)CC(Nc1ncnc2ccc(F)cc12)C1CCOCC1. The van der Waals surface area contributed by atoms with Gasteiger partial charge >= 0.3 is 0 Å². The third-order valence-corrected chi connectivity index (χ3v) is 4.18. The number of nitrogens with two attached hydrogens (primary N) is 1. The van der Waals surface area contributed by atoms with E-state index >= 15 is 0 Å². The predicted octanol–water partition coefficient (Wildman–Crippen LogP) is 1.85. The van der Waals surface area contributed by atoms with Gasteiger partial charge in [-0.1, -0.05) is 0 Å². The lowest BCUT2D eigenvalue weighted by Gasteiger charge is -2.30. The van der Waals surface area contributed by atoms with Crippen LogP contribution in [0.2, 0.25) is 0 Å². The Bertz CT molecular complexity index is 704. The highest BCUT2D eigenvalue weighted by atomic mass is 19.1. The molecule has 0 bridgehead atoms. The van der Waals surface area contributed by atoms with Crippen LogP contribution in [0.15, 0.2) is 24.5 Å². The first-order chi connectivity index (χ1) is 11.1. The van der Waals surface area contributed by atoms with E-state index in [4.69, 9.17) is 10.5 Å². The minimum Gasteiger partial charge on any atom is -0.381 e. The normalized spacial score (nSPS) is 17.1. The van der Waals surface area contributed by atoms with Crippen molar-refractivity contribution in [3.05, 3.63) is 30.3 Å². The molecule has 1 atom stereocenters. The summed E-state index contributed by atoms with van der Waals surface area (Å²) in [7, 11) is 0. The first-order valence-electron chi connectivity index (χ1n) is 7.66. The van der Waals surface area contributed by atoms with Crippen molar-refractivity contribution in [2.24, 2.45) is 11.7 Å². The highest BCUT2D eigenvalue weighted by Gasteiger charge is 2.26. The highest BCUT2D eigenvalue weighted by Crippen LogP contribution is 2.26. The third-order valence-electron chi connectivity index (χ3n) is 4.18. The molecule has 0 aliphatic carbocycles. The predicted molar refractivity (Wildman–Crippen MR) is 84.3 cm³/mol. The van der Waals surface area contributed by atoms with Crippen LogP contribution in [-0.2, 0) is 9.53 Å². The molecule has 6 nitrogen and oxygen atoms in total. The van der Waals surface area contributed by atoms with Gasteiger partial charge in [0.2, 0.25) is 5.91 Å². The number of halogens is 1. The van der Waals surface area contributed by atoms with Crippen molar-refractivity contribution in [1.82, 2.24) is 9.97 Å². The largest absolute Gasteiger partial charge is 0.381 e. The Hall–Kier alpha value is -2.28. The number of ether oxygens (including phenoxy) is 1. The molecule has 1 fully saturated rings. The maximum absolute atomic E-state index is 13.5. The van der Waals surface area contributed by atoms with Gasteiger partial charge in [-0.2, -0.15) is 0 Å². The molecule has 0 spiro atoms. The second-order valence-corrected chi connectivity index (χ2v) is 5.75. The molecule has 1 unspecified atom stereocenters. The maximum atomic E-state index is 13.5. The van der Waals surface area contributed by atoms with Crippen LogP contribution in [0, 0.1) is 11.7 Å². The van der Waals surface area contributed by atoms with Gasteiger partial charge < -0.3 is 15.8 Å². The van der Waals surface area contributed by atoms with Crippen LogP contribution < -0.4 is 11.1 Å². The molecule has 3 rings (SSSR count). The van der Waals surface area contributed by atoms with Crippen molar-refractivity contribution in [3.63, 3.8) is 0 Å². The number of rotatable bonds is 5. The fourth-order valence-corrected chi connectivity index (χ4v) is 2.99. The Morgan fingerprint density at radius 1 is 1.39 bits per heavy atom. The summed E-state index contributed by atoms with van der Waals surface area (Å²) in [5.41, 5.74) is 6.03. The third kappa shape index (κ3) is 3.73. The zero-order chi connectivity index (χ0) is 16.2. The Labute approximate surface area is 133 Å². The van der Waals surface area contributed by atoms with E-state index in [0.717, 1.165) is 12.8 Å². The Morgan fingerprint density at radius 3 is 2.91 bits per heavy atom. The van der Waals surface area contributed by atoms with Crippen LogP contribution >= 0.6 is 0 Å². The van der Waals surface area contributed by atoms with E-state index in [9.17, 15) is 9.18 Å². The number of amides is 1. The van der Waals surface area contributed by atoms with Gasteiger partial charge in [0.25, 0.3) is 0 Å². The number of carbonyl (C=O) groups is 1. The number of hydrogen-bond donors (Lipinski definition) is 2. The summed E-state index contributed by atoms with van der Waals surface area (Å²) in [5, 5.41) is 3.87. The van der Waals surface area contributed by atoms with E-state index in [0.29, 0.717) is 29.9 Å². The molecule has 1 aromatic heterocycles. The van der Waals surface area contributed by atoms with Crippen LogP contribution in [0.25, 0.3) is 10.9 Å². The lowest BCUT2D eigenvalue weighted by molar-refractivity contribution is -0.118. The second kappa shape index (κ2) is 6.87. The molecule has 0 saturated carbocycles. The molecule has 1 aromatic carbocycles. The smallest absolute Gasteiger partial charge is 0.219 e. The van der Waals surface area contributed by atoms with E-state index < -0.39 is 0 Å². The number of nitrogens with one attached hydrogen (secondary N) is 1. The monoisotopic (exact) mass is 318 g/mol. The summed E-state index contributed by atoms with van der Waals surface area (Å²) in [6.07, 6.45) is 3.32. The topological polar surface area (TPSA) is 90.1 Å². The first-order valence-corrected chi connectivity index (χ1v) is 7.66. The summed E-state index contributed by atoms with van der Waals surface area (Å²) >= 11 is 0. The molecule has 0 radical (unpaired) electrons. The van der Waals surface area contributed by atoms with Gasteiger partial charge in [-0.25, -0.2) is 14.4 Å². The van der Waals surface area contributed by atoms with Gasteiger partial charge in [0.05, 0.1) is 5.52 Å². The zero-order valence-electron chi connectivity index (χ0n) is 12.7. The van der Waals surface area contributed by atoms with E-state index in [1.165, 1.54) is 18.5 Å².